The second-order valence-electron chi connectivity index (χ2n) is 5.26. The van der Waals surface area contributed by atoms with E-state index in [1.165, 1.54) is 18.4 Å². The lowest BCUT2D eigenvalue weighted by Crippen LogP contribution is -2.35. The zero-order valence-corrected chi connectivity index (χ0v) is 13.4. The summed E-state index contributed by atoms with van der Waals surface area (Å²) in [4.78, 5) is 14.3. The minimum Gasteiger partial charge on any atom is -0.497 e. The van der Waals surface area contributed by atoms with E-state index < -0.39 is 0 Å². The second-order valence-corrected chi connectivity index (χ2v) is 5.26. The van der Waals surface area contributed by atoms with Gasteiger partial charge in [-0.15, -0.1) is 12.4 Å². The molecular formula is C16H25ClN2O2. The summed E-state index contributed by atoms with van der Waals surface area (Å²) in [5, 5.41) is 0. The van der Waals surface area contributed by atoms with Crippen molar-refractivity contribution in [2.45, 2.75) is 38.1 Å². The highest BCUT2D eigenvalue weighted by Gasteiger charge is 2.26. The van der Waals surface area contributed by atoms with Crippen LogP contribution in [0.15, 0.2) is 24.3 Å². The van der Waals surface area contributed by atoms with Gasteiger partial charge in [-0.25, -0.2) is 0 Å². The number of carbonyl (C=O) groups is 1. The van der Waals surface area contributed by atoms with Crippen LogP contribution in [0.1, 0.15) is 43.7 Å². The van der Waals surface area contributed by atoms with Crippen LogP contribution in [0.5, 0.6) is 5.75 Å². The lowest BCUT2D eigenvalue weighted by molar-refractivity contribution is -0.133. The van der Waals surface area contributed by atoms with E-state index in [2.05, 4.69) is 12.1 Å². The minimum absolute atomic E-state index is 0. The first-order valence-electron chi connectivity index (χ1n) is 7.39. The standard InChI is InChI=1S/C16H24N2O2.ClH/c1-20-14-8-6-13(7-9-14)15-5-3-2-4-12-18(15)16(19)10-11-17;/h6-9,15H,2-5,10-12,17H2,1H3;1H. The number of hydrogen-bond donors (Lipinski definition) is 1. The van der Waals surface area contributed by atoms with Crippen LogP contribution >= 0.6 is 12.4 Å². The van der Waals surface area contributed by atoms with E-state index in [-0.39, 0.29) is 24.4 Å². The summed E-state index contributed by atoms with van der Waals surface area (Å²) < 4.78 is 5.20. The predicted octanol–water partition coefficient (Wildman–Crippen LogP) is 2.91. The highest BCUT2D eigenvalue weighted by molar-refractivity contribution is 5.85. The van der Waals surface area contributed by atoms with Gasteiger partial charge < -0.3 is 15.4 Å². The lowest BCUT2D eigenvalue weighted by atomic mass is 10.0. The van der Waals surface area contributed by atoms with Crippen molar-refractivity contribution in [1.82, 2.24) is 4.90 Å². The molecule has 0 bridgehead atoms. The molecule has 1 unspecified atom stereocenters. The van der Waals surface area contributed by atoms with Gasteiger partial charge in [-0.2, -0.15) is 0 Å². The Balaban J connectivity index is 0.00000220. The second kappa shape index (κ2) is 8.90. The third-order valence-electron chi connectivity index (χ3n) is 3.93. The first-order chi connectivity index (χ1) is 9.76. The SMILES string of the molecule is COc1ccc(C2CCCCCN2C(=O)CCN)cc1.Cl. The maximum atomic E-state index is 12.3. The number of nitrogens with two attached hydrogens (primary N) is 1. The third-order valence-corrected chi connectivity index (χ3v) is 3.93. The molecule has 0 aliphatic carbocycles. The Bertz CT molecular complexity index is 436. The van der Waals surface area contributed by atoms with Gasteiger partial charge in [0, 0.05) is 19.5 Å². The molecule has 1 fully saturated rings. The molecule has 1 aliphatic heterocycles. The molecule has 1 amide bonds. The van der Waals surface area contributed by atoms with Crippen LogP contribution in [-0.2, 0) is 4.79 Å². The molecule has 0 radical (unpaired) electrons. The smallest absolute Gasteiger partial charge is 0.224 e. The fourth-order valence-electron chi connectivity index (χ4n) is 2.85. The maximum absolute atomic E-state index is 12.3. The molecule has 0 aromatic heterocycles. The summed E-state index contributed by atoms with van der Waals surface area (Å²) >= 11 is 0. The normalized spacial score (nSPS) is 18.6. The summed E-state index contributed by atoms with van der Waals surface area (Å²) in [6.07, 6.45) is 4.92. The van der Waals surface area contributed by atoms with Gasteiger partial charge in [0.05, 0.1) is 13.2 Å². The van der Waals surface area contributed by atoms with E-state index in [0.29, 0.717) is 13.0 Å². The number of ether oxygens (including phenoxy) is 1. The van der Waals surface area contributed by atoms with Gasteiger partial charge in [0.15, 0.2) is 0 Å². The fourth-order valence-corrected chi connectivity index (χ4v) is 2.85. The lowest BCUT2D eigenvalue weighted by Gasteiger charge is -2.30. The molecule has 1 aliphatic rings. The Morgan fingerprint density at radius 3 is 2.62 bits per heavy atom. The Morgan fingerprint density at radius 1 is 1.29 bits per heavy atom. The monoisotopic (exact) mass is 312 g/mol. The van der Waals surface area contributed by atoms with E-state index in [4.69, 9.17) is 10.5 Å². The van der Waals surface area contributed by atoms with E-state index in [9.17, 15) is 4.79 Å². The number of carbonyl (C=O) groups excluding carboxylic acids is 1. The van der Waals surface area contributed by atoms with Gasteiger partial charge in [0.1, 0.15) is 5.75 Å². The summed E-state index contributed by atoms with van der Waals surface area (Å²) in [6.45, 7) is 1.26. The van der Waals surface area contributed by atoms with Gasteiger partial charge >= 0.3 is 0 Å². The van der Waals surface area contributed by atoms with E-state index >= 15 is 0 Å². The first kappa shape index (κ1) is 17.8. The number of halogens is 1. The van der Waals surface area contributed by atoms with Gasteiger partial charge in [-0.3, -0.25) is 4.79 Å². The molecule has 118 valence electrons. The zero-order valence-electron chi connectivity index (χ0n) is 12.6. The Kier molecular flexibility index (Phi) is 7.54. The molecule has 1 saturated heterocycles. The van der Waals surface area contributed by atoms with Crippen molar-refractivity contribution in [2.75, 3.05) is 20.2 Å². The summed E-state index contributed by atoms with van der Waals surface area (Å²) in [5.74, 6) is 1.03. The quantitative estimate of drug-likeness (QED) is 0.930. The van der Waals surface area contributed by atoms with E-state index in [0.717, 1.165) is 25.1 Å². The zero-order chi connectivity index (χ0) is 14.4. The number of benzene rings is 1. The van der Waals surface area contributed by atoms with Gasteiger partial charge in [0.25, 0.3) is 0 Å². The minimum atomic E-state index is 0. The van der Waals surface area contributed by atoms with E-state index in [1.807, 2.05) is 17.0 Å². The average Bonchev–Trinajstić information content (AvgIpc) is 2.73. The number of methoxy groups -OCH3 is 1. The van der Waals surface area contributed by atoms with Crippen LogP contribution in [0.25, 0.3) is 0 Å². The summed E-state index contributed by atoms with van der Waals surface area (Å²) in [5.41, 5.74) is 6.73. The fraction of sp³-hybridized carbons (Fsp3) is 0.562. The Labute approximate surface area is 133 Å². The molecular weight excluding hydrogens is 288 g/mol. The maximum Gasteiger partial charge on any atom is 0.224 e. The van der Waals surface area contributed by atoms with Crippen molar-refractivity contribution in [3.05, 3.63) is 29.8 Å². The van der Waals surface area contributed by atoms with Crippen LogP contribution < -0.4 is 10.5 Å². The van der Waals surface area contributed by atoms with Crippen molar-refractivity contribution >= 4 is 18.3 Å². The number of amides is 1. The largest absolute Gasteiger partial charge is 0.497 e. The Morgan fingerprint density at radius 2 is 2.00 bits per heavy atom. The molecule has 1 aromatic rings. The van der Waals surface area contributed by atoms with Crippen molar-refractivity contribution in [3.8, 4) is 5.75 Å². The molecule has 5 heteroatoms. The van der Waals surface area contributed by atoms with Crippen LogP contribution in [0.3, 0.4) is 0 Å². The molecule has 4 nitrogen and oxygen atoms in total. The first-order valence-corrected chi connectivity index (χ1v) is 7.39. The summed E-state index contributed by atoms with van der Waals surface area (Å²) in [6, 6.07) is 8.25. The van der Waals surface area contributed by atoms with Crippen LogP contribution in [-0.4, -0.2) is 31.0 Å². The average molecular weight is 313 g/mol. The molecule has 1 atom stereocenters. The molecule has 21 heavy (non-hydrogen) atoms. The van der Waals surface area contributed by atoms with Crippen molar-refractivity contribution in [2.24, 2.45) is 5.73 Å². The predicted molar refractivity (Wildman–Crippen MR) is 86.8 cm³/mol. The van der Waals surface area contributed by atoms with Gasteiger partial charge in [-0.05, 0) is 30.5 Å². The Hall–Kier alpha value is -1.26. The van der Waals surface area contributed by atoms with Crippen molar-refractivity contribution < 1.29 is 9.53 Å². The summed E-state index contributed by atoms with van der Waals surface area (Å²) in [7, 11) is 1.66. The molecule has 0 spiro atoms. The van der Waals surface area contributed by atoms with Crippen molar-refractivity contribution in [3.63, 3.8) is 0 Å². The molecule has 2 rings (SSSR count). The number of likely N-dealkylation sites (tertiary alicyclic amines) is 1. The third kappa shape index (κ3) is 4.61. The van der Waals surface area contributed by atoms with Crippen LogP contribution in [0.4, 0.5) is 0 Å². The number of hydrogen-bond acceptors (Lipinski definition) is 3. The molecule has 2 N–H and O–H groups in total. The van der Waals surface area contributed by atoms with Gasteiger partial charge in [0.2, 0.25) is 5.91 Å². The van der Waals surface area contributed by atoms with E-state index in [1.54, 1.807) is 7.11 Å². The number of nitrogens with zero attached hydrogens (tertiary/aromatic N) is 1. The molecule has 0 saturated carbocycles. The van der Waals surface area contributed by atoms with Crippen LogP contribution in [0.2, 0.25) is 0 Å². The van der Waals surface area contributed by atoms with Gasteiger partial charge in [-0.1, -0.05) is 25.0 Å². The van der Waals surface area contributed by atoms with Crippen LogP contribution in [0, 0.1) is 0 Å². The molecule has 1 heterocycles. The highest BCUT2D eigenvalue weighted by Crippen LogP contribution is 2.31. The number of rotatable bonds is 4. The molecule has 1 aromatic carbocycles. The topological polar surface area (TPSA) is 55.6 Å². The van der Waals surface area contributed by atoms with Crippen molar-refractivity contribution in [1.29, 1.82) is 0 Å². The highest BCUT2D eigenvalue weighted by atomic mass is 35.5.